The second kappa shape index (κ2) is 12.7. The smallest absolute Gasteiger partial charge is 0.217 e. The van der Waals surface area contributed by atoms with Gasteiger partial charge in [-0.2, -0.15) is 0 Å². The topological polar surface area (TPSA) is 95.6 Å². The highest BCUT2D eigenvalue weighted by Gasteiger charge is 2.23. The first kappa shape index (κ1) is 22.5. The van der Waals surface area contributed by atoms with Crippen molar-refractivity contribution in [1.29, 1.82) is 0 Å². The second-order valence-corrected chi connectivity index (χ2v) is 6.45. The fourth-order valence-electron chi connectivity index (χ4n) is 3.17. The maximum Gasteiger partial charge on any atom is 0.217 e. The number of aromatic nitrogens is 1. The summed E-state index contributed by atoms with van der Waals surface area (Å²) >= 11 is 0. The Hall–Kier alpha value is -1.58. The molecule has 0 aliphatic carbocycles. The fraction of sp³-hybridized carbons (Fsp3) is 0.611. The molecule has 0 saturated carbocycles. The van der Waals surface area contributed by atoms with Gasteiger partial charge in [-0.3, -0.25) is 9.79 Å². The van der Waals surface area contributed by atoms with Crippen molar-refractivity contribution in [3.05, 3.63) is 24.4 Å². The molecule has 1 aromatic rings. The zero-order chi connectivity index (χ0) is 17.9. The summed E-state index contributed by atoms with van der Waals surface area (Å²) in [5.74, 6) is 1.97. The van der Waals surface area contributed by atoms with E-state index in [0.717, 1.165) is 63.6 Å². The molecule has 1 unspecified atom stereocenters. The highest BCUT2D eigenvalue weighted by molar-refractivity contribution is 14.0. The van der Waals surface area contributed by atoms with Gasteiger partial charge in [0.25, 0.3) is 0 Å². The summed E-state index contributed by atoms with van der Waals surface area (Å²) in [5, 5.41) is 6.74. The number of unbranched alkanes of at least 4 members (excludes halogenated alkanes) is 1. The molecule has 1 atom stereocenters. The van der Waals surface area contributed by atoms with E-state index in [1.54, 1.807) is 6.20 Å². The van der Waals surface area contributed by atoms with Gasteiger partial charge in [-0.05, 0) is 43.7 Å². The van der Waals surface area contributed by atoms with Crippen LogP contribution in [-0.4, -0.2) is 55.0 Å². The zero-order valence-corrected chi connectivity index (χ0v) is 17.8. The van der Waals surface area contributed by atoms with Gasteiger partial charge in [0.2, 0.25) is 5.91 Å². The number of amides is 1. The fourth-order valence-corrected chi connectivity index (χ4v) is 3.17. The van der Waals surface area contributed by atoms with Crippen molar-refractivity contribution < 1.29 is 4.79 Å². The van der Waals surface area contributed by atoms with Gasteiger partial charge in [-0.15, -0.1) is 24.0 Å². The predicted molar refractivity (Wildman–Crippen MR) is 117 cm³/mol. The predicted octanol–water partition coefficient (Wildman–Crippen LogP) is 2.05. The summed E-state index contributed by atoms with van der Waals surface area (Å²) in [5.41, 5.74) is 5.33. The number of hydrogen-bond acceptors (Lipinski definition) is 4. The van der Waals surface area contributed by atoms with Gasteiger partial charge in [-0.25, -0.2) is 4.98 Å². The average molecular weight is 474 g/mol. The number of piperidine rings is 1. The minimum absolute atomic E-state index is 0. The maximum atomic E-state index is 11.1. The Morgan fingerprint density at radius 2 is 2.19 bits per heavy atom. The number of nitrogens with two attached hydrogens (primary N) is 1. The van der Waals surface area contributed by atoms with Crippen LogP contribution < -0.4 is 16.4 Å². The molecule has 26 heavy (non-hydrogen) atoms. The van der Waals surface area contributed by atoms with E-state index in [9.17, 15) is 4.79 Å². The third-order valence-corrected chi connectivity index (χ3v) is 4.38. The number of likely N-dealkylation sites (tertiary alicyclic amines) is 1. The van der Waals surface area contributed by atoms with Gasteiger partial charge in [0.05, 0.1) is 0 Å². The minimum Gasteiger partial charge on any atom is -0.370 e. The number of hydrogen-bond donors (Lipinski definition) is 3. The summed E-state index contributed by atoms with van der Waals surface area (Å²) in [6.45, 7) is 3.62. The number of carbonyl (C=O) groups is 1. The summed E-state index contributed by atoms with van der Waals surface area (Å²) in [6, 6.07) is 5.86. The molecule has 2 rings (SSSR count). The number of pyridine rings is 1. The van der Waals surface area contributed by atoms with Crippen LogP contribution in [0.3, 0.4) is 0 Å². The standard InChI is InChI=1S/C18H30N6O.HI/c1-20-18(24-12-6-7-15(14-24)13-16(19)25)23-11-5-4-10-22-17-8-2-3-9-21-17;/h2-3,8-9,15H,4-7,10-14H2,1H3,(H2,19,25)(H,20,23)(H,21,22);1H. The molecular formula is C18H31IN6O. The third-order valence-electron chi connectivity index (χ3n) is 4.38. The van der Waals surface area contributed by atoms with Crippen molar-refractivity contribution in [1.82, 2.24) is 15.2 Å². The molecule has 1 fully saturated rings. The van der Waals surface area contributed by atoms with E-state index >= 15 is 0 Å². The third kappa shape index (κ3) is 8.20. The first-order valence-electron chi connectivity index (χ1n) is 9.08. The van der Waals surface area contributed by atoms with Gasteiger partial charge in [0, 0.05) is 45.8 Å². The Kier molecular flexibility index (Phi) is 11.0. The Bertz CT molecular complexity index is 554. The molecule has 0 aromatic carbocycles. The number of carbonyl (C=O) groups excluding carboxylic acids is 1. The van der Waals surface area contributed by atoms with E-state index in [-0.39, 0.29) is 29.9 Å². The molecule has 1 aliphatic rings. The van der Waals surface area contributed by atoms with Gasteiger partial charge >= 0.3 is 0 Å². The number of nitrogens with one attached hydrogen (secondary N) is 2. The Morgan fingerprint density at radius 1 is 1.38 bits per heavy atom. The van der Waals surface area contributed by atoms with E-state index < -0.39 is 0 Å². The number of anilines is 1. The first-order valence-corrected chi connectivity index (χ1v) is 9.08. The van der Waals surface area contributed by atoms with Crippen molar-refractivity contribution >= 4 is 41.7 Å². The molecule has 1 saturated heterocycles. The van der Waals surface area contributed by atoms with E-state index in [1.807, 2.05) is 25.2 Å². The van der Waals surface area contributed by atoms with Crippen LogP contribution in [-0.2, 0) is 4.79 Å². The molecule has 4 N–H and O–H groups in total. The van der Waals surface area contributed by atoms with Crippen molar-refractivity contribution in [2.75, 3.05) is 38.5 Å². The van der Waals surface area contributed by atoms with Gasteiger partial charge in [0.15, 0.2) is 5.96 Å². The van der Waals surface area contributed by atoms with Crippen LogP contribution in [0.15, 0.2) is 29.4 Å². The first-order chi connectivity index (χ1) is 12.2. The summed E-state index contributed by atoms with van der Waals surface area (Å²) in [4.78, 5) is 22.0. The molecule has 0 spiro atoms. The number of nitrogens with zero attached hydrogens (tertiary/aromatic N) is 3. The van der Waals surface area contributed by atoms with Gasteiger partial charge in [-0.1, -0.05) is 6.07 Å². The number of halogens is 1. The highest BCUT2D eigenvalue weighted by Crippen LogP contribution is 2.19. The Morgan fingerprint density at radius 3 is 2.88 bits per heavy atom. The summed E-state index contributed by atoms with van der Waals surface area (Å²) in [6.07, 6.45) is 6.51. The average Bonchev–Trinajstić information content (AvgIpc) is 2.62. The van der Waals surface area contributed by atoms with E-state index in [1.165, 1.54) is 0 Å². The van der Waals surface area contributed by atoms with E-state index in [0.29, 0.717) is 12.3 Å². The van der Waals surface area contributed by atoms with Crippen molar-refractivity contribution in [2.24, 2.45) is 16.6 Å². The van der Waals surface area contributed by atoms with E-state index in [4.69, 9.17) is 5.73 Å². The van der Waals surface area contributed by atoms with Gasteiger partial charge < -0.3 is 21.3 Å². The summed E-state index contributed by atoms with van der Waals surface area (Å²) < 4.78 is 0. The minimum atomic E-state index is -0.213. The number of primary amides is 1. The lowest BCUT2D eigenvalue weighted by molar-refractivity contribution is -0.119. The molecule has 1 amide bonds. The van der Waals surface area contributed by atoms with Crippen LogP contribution in [0.4, 0.5) is 5.82 Å². The van der Waals surface area contributed by atoms with Crippen molar-refractivity contribution in [2.45, 2.75) is 32.1 Å². The van der Waals surface area contributed by atoms with Crippen LogP contribution >= 0.6 is 24.0 Å². The number of guanidine groups is 1. The summed E-state index contributed by atoms with van der Waals surface area (Å²) in [7, 11) is 1.81. The SMILES string of the molecule is CN=C(NCCCCNc1ccccn1)N1CCCC(CC(N)=O)C1.I. The highest BCUT2D eigenvalue weighted by atomic mass is 127. The van der Waals surface area contributed by atoms with Crippen molar-refractivity contribution in [3.8, 4) is 0 Å². The molecule has 1 aromatic heterocycles. The number of rotatable bonds is 8. The molecule has 146 valence electrons. The van der Waals surface area contributed by atoms with Gasteiger partial charge in [0.1, 0.15) is 5.82 Å². The second-order valence-electron chi connectivity index (χ2n) is 6.45. The molecule has 8 heteroatoms. The lowest BCUT2D eigenvalue weighted by Crippen LogP contribution is -2.47. The quantitative estimate of drug-likeness (QED) is 0.232. The molecule has 2 heterocycles. The Labute approximate surface area is 173 Å². The monoisotopic (exact) mass is 474 g/mol. The van der Waals surface area contributed by atoms with E-state index in [2.05, 4.69) is 25.5 Å². The molecule has 7 nitrogen and oxygen atoms in total. The van der Waals surface area contributed by atoms with Crippen LogP contribution in [0.1, 0.15) is 32.1 Å². The molecule has 1 aliphatic heterocycles. The molecule has 0 radical (unpaired) electrons. The Balaban J connectivity index is 0.00000338. The van der Waals surface area contributed by atoms with Crippen LogP contribution in [0, 0.1) is 5.92 Å². The zero-order valence-electron chi connectivity index (χ0n) is 15.5. The lowest BCUT2D eigenvalue weighted by Gasteiger charge is -2.34. The maximum absolute atomic E-state index is 11.1. The molecular weight excluding hydrogens is 443 g/mol. The normalized spacial score (nSPS) is 17.3. The van der Waals surface area contributed by atoms with Crippen molar-refractivity contribution in [3.63, 3.8) is 0 Å². The molecule has 0 bridgehead atoms. The number of aliphatic imine (C=N–C) groups is 1. The largest absolute Gasteiger partial charge is 0.370 e. The van der Waals surface area contributed by atoms with Crippen LogP contribution in [0.2, 0.25) is 0 Å². The lowest BCUT2D eigenvalue weighted by atomic mass is 9.95. The van der Waals surface area contributed by atoms with Crippen LogP contribution in [0.25, 0.3) is 0 Å². The van der Waals surface area contributed by atoms with Crippen LogP contribution in [0.5, 0.6) is 0 Å².